The SMILES string of the molecule is CC(C)N(CCBr)c1ncc(F)cc1F. The van der Waals surface area contributed by atoms with Crippen LogP contribution in [0.15, 0.2) is 12.3 Å². The molecule has 0 radical (unpaired) electrons. The third kappa shape index (κ3) is 3.12. The van der Waals surface area contributed by atoms with Crippen molar-refractivity contribution in [3.05, 3.63) is 23.9 Å². The van der Waals surface area contributed by atoms with Gasteiger partial charge in [-0.1, -0.05) is 15.9 Å². The van der Waals surface area contributed by atoms with Crippen LogP contribution < -0.4 is 4.90 Å². The van der Waals surface area contributed by atoms with Crippen LogP contribution in [0.2, 0.25) is 0 Å². The van der Waals surface area contributed by atoms with Crippen molar-refractivity contribution in [2.45, 2.75) is 19.9 Å². The Kier molecular flexibility index (Phi) is 4.45. The molecule has 1 aromatic rings. The summed E-state index contributed by atoms with van der Waals surface area (Å²) in [5.41, 5.74) is 0. The Morgan fingerprint density at radius 2 is 2.13 bits per heavy atom. The first-order chi connectivity index (χ1) is 7.06. The summed E-state index contributed by atoms with van der Waals surface area (Å²) in [6, 6.07) is 0.974. The van der Waals surface area contributed by atoms with Gasteiger partial charge in [0, 0.05) is 24.0 Å². The van der Waals surface area contributed by atoms with Gasteiger partial charge >= 0.3 is 0 Å². The maximum Gasteiger partial charge on any atom is 0.168 e. The molecule has 0 aliphatic rings. The lowest BCUT2D eigenvalue weighted by Crippen LogP contribution is -2.34. The molecule has 1 rings (SSSR count). The topological polar surface area (TPSA) is 16.1 Å². The smallest absolute Gasteiger partial charge is 0.168 e. The van der Waals surface area contributed by atoms with E-state index in [9.17, 15) is 8.78 Å². The average Bonchev–Trinajstić information content (AvgIpc) is 2.15. The van der Waals surface area contributed by atoms with Gasteiger partial charge in [-0.25, -0.2) is 13.8 Å². The van der Waals surface area contributed by atoms with Gasteiger partial charge in [0.05, 0.1) is 6.20 Å². The maximum atomic E-state index is 13.4. The third-order valence-electron chi connectivity index (χ3n) is 2.01. The average molecular weight is 279 g/mol. The predicted octanol–water partition coefficient (Wildman–Crippen LogP) is 2.97. The number of anilines is 1. The molecule has 0 bridgehead atoms. The number of alkyl halides is 1. The first-order valence-electron chi connectivity index (χ1n) is 4.70. The zero-order valence-electron chi connectivity index (χ0n) is 8.67. The zero-order chi connectivity index (χ0) is 11.4. The summed E-state index contributed by atoms with van der Waals surface area (Å²) in [6.45, 7) is 4.51. The zero-order valence-corrected chi connectivity index (χ0v) is 10.3. The number of nitrogens with zero attached hydrogens (tertiary/aromatic N) is 2. The van der Waals surface area contributed by atoms with Gasteiger partial charge in [-0.2, -0.15) is 0 Å². The number of halogens is 3. The molecule has 15 heavy (non-hydrogen) atoms. The second-order valence-corrected chi connectivity index (χ2v) is 4.23. The van der Waals surface area contributed by atoms with E-state index in [1.54, 1.807) is 4.90 Å². The van der Waals surface area contributed by atoms with Gasteiger partial charge in [-0.15, -0.1) is 0 Å². The molecule has 0 atom stereocenters. The minimum absolute atomic E-state index is 0.120. The largest absolute Gasteiger partial charge is 0.351 e. The van der Waals surface area contributed by atoms with Crippen LogP contribution in [0.1, 0.15) is 13.8 Å². The first kappa shape index (κ1) is 12.4. The van der Waals surface area contributed by atoms with Gasteiger partial charge in [0.1, 0.15) is 5.82 Å². The number of hydrogen-bond acceptors (Lipinski definition) is 2. The second-order valence-electron chi connectivity index (χ2n) is 3.44. The van der Waals surface area contributed by atoms with E-state index < -0.39 is 11.6 Å². The highest BCUT2D eigenvalue weighted by Crippen LogP contribution is 2.19. The van der Waals surface area contributed by atoms with Crippen molar-refractivity contribution >= 4 is 21.7 Å². The van der Waals surface area contributed by atoms with E-state index in [0.29, 0.717) is 11.9 Å². The van der Waals surface area contributed by atoms with E-state index in [-0.39, 0.29) is 11.9 Å². The van der Waals surface area contributed by atoms with Gasteiger partial charge in [0.2, 0.25) is 0 Å². The minimum atomic E-state index is -0.654. The lowest BCUT2D eigenvalue weighted by molar-refractivity contribution is 0.560. The fraction of sp³-hybridized carbons (Fsp3) is 0.500. The molecule has 1 aromatic heterocycles. The molecule has 0 aliphatic heterocycles. The summed E-state index contributed by atoms with van der Waals surface area (Å²) in [4.78, 5) is 5.55. The minimum Gasteiger partial charge on any atom is -0.351 e. The Bertz CT molecular complexity index is 331. The summed E-state index contributed by atoms with van der Waals surface area (Å²) >= 11 is 3.29. The molecule has 0 fully saturated rings. The van der Waals surface area contributed by atoms with Gasteiger partial charge in [-0.3, -0.25) is 0 Å². The highest BCUT2D eigenvalue weighted by Gasteiger charge is 2.16. The summed E-state index contributed by atoms with van der Waals surface area (Å²) in [5, 5.41) is 0.712. The Morgan fingerprint density at radius 3 is 2.60 bits per heavy atom. The van der Waals surface area contributed by atoms with Crippen LogP contribution in [0.5, 0.6) is 0 Å². The summed E-state index contributed by atoms with van der Waals surface area (Å²) in [6.07, 6.45) is 1.03. The summed E-state index contributed by atoms with van der Waals surface area (Å²) in [5.74, 6) is -1.07. The van der Waals surface area contributed by atoms with Crippen LogP contribution in [-0.4, -0.2) is 22.9 Å². The molecular formula is C10H13BrF2N2. The van der Waals surface area contributed by atoms with Crippen LogP contribution in [0.25, 0.3) is 0 Å². The standard InChI is InChI=1S/C10H13BrF2N2/c1-7(2)15(4-3-11)10-9(13)5-8(12)6-14-10/h5-7H,3-4H2,1-2H3. The summed E-state index contributed by atoms with van der Waals surface area (Å²) < 4.78 is 26.1. The van der Waals surface area contributed by atoms with Gasteiger partial charge in [0.15, 0.2) is 11.6 Å². The van der Waals surface area contributed by atoms with E-state index in [1.807, 2.05) is 13.8 Å². The molecule has 0 saturated carbocycles. The van der Waals surface area contributed by atoms with Gasteiger partial charge < -0.3 is 4.90 Å². The van der Waals surface area contributed by atoms with Crippen molar-refractivity contribution in [1.82, 2.24) is 4.98 Å². The fourth-order valence-corrected chi connectivity index (χ4v) is 1.70. The Labute approximate surface area is 96.4 Å². The number of aromatic nitrogens is 1. The Balaban J connectivity index is 3.00. The highest BCUT2D eigenvalue weighted by atomic mass is 79.9. The molecule has 1 heterocycles. The van der Waals surface area contributed by atoms with Crippen molar-refractivity contribution in [3.8, 4) is 0 Å². The third-order valence-corrected chi connectivity index (χ3v) is 2.36. The predicted molar refractivity (Wildman–Crippen MR) is 60.4 cm³/mol. The monoisotopic (exact) mass is 278 g/mol. The maximum absolute atomic E-state index is 13.4. The first-order valence-corrected chi connectivity index (χ1v) is 5.82. The Hall–Kier alpha value is -0.710. The molecule has 0 N–H and O–H groups in total. The van der Waals surface area contributed by atoms with Crippen molar-refractivity contribution in [2.75, 3.05) is 16.8 Å². The highest BCUT2D eigenvalue weighted by molar-refractivity contribution is 9.09. The van der Waals surface area contributed by atoms with Crippen LogP contribution in [0.3, 0.4) is 0 Å². The van der Waals surface area contributed by atoms with Crippen LogP contribution >= 0.6 is 15.9 Å². The van der Waals surface area contributed by atoms with Gasteiger partial charge in [0.25, 0.3) is 0 Å². The van der Waals surface area contributed by atoms with Crippen LogP contribution in [0, 0.1) is 11.6 Å². The molecule has 84 valence electrons. The molecule has 2 nitrogen and oxygen atoms in total. The molecule has 0 saturated heterocycles. The van der Waals surface area contributed by atoms with E-state index in [0.717, 1.165) is 12.3 Å². The molecular weight excluding hydrogens is 266 g/mol. The van der Waals surface area contributed by atoms with Crippen molar-refractivity contribution in [2.24, 2.45) is 0 Å². The van der Waals surface area contributed by atoms with E-state index in [1.165, 1.54) is 0 Å². The van der Waals surface area contributed by atoms with Crippen molar-refractivity contribution < 1.29 is 8.78 Å². The normalized spacial score (nSPS) is 10.8. The molecule has 0 spiro atoms. The van der Waals surface area contributed by atoms with E-state index in [4.69, 9.17) is 0 Å². The summed E-state index contributed by atoms with van der Waals surface area (Å²) in [7, 11) is 0. The van der Waals surface area contributed by atoms with Gasteiger partial charge in [-0.05, 0) is 13.8 Å². The molecule has 0 aliphatic carbocycles. The van der Waals surface area contributed by atoms with Crippen molar-refractivity contribution in [3.63, 3.8) is 0 Å². The van der Waals surface area contributed by atoms with E-state index >= 15 is 0 Å². The number of rotatable bonds is 4. The molecule has 5 heteroatoms. The molecule has 0 unspecified atom stereocenters. The quantitative estimate of drug-likeness (QED) is 0.788. The molecule has 0 aromatic carbocycles. The van der Waals surface area contributed by atoms with Crippen molar-refractivity contribution in [1.29, 1.82) is 0 Å². The Morgan fingerprint density at radius 1 is 1.47 bits per heavy atom. The second kappa shape index (κ2) is 5.39. The molecule has 0 amide bonds. The number of pyridine rings is 1. The fourth-order valence-electron chi connectivity index (χ4n) is 1.32. The van der Waals surface area contributed by atoms with Crippen LogP contribution in [-0.2, 0) is 0 Å². The lowest BCUT2D eigenvalue weighted by atomic mass is 10.3. The lowest BCUT2D eigenvalue weighted by Gasteiger charge is -2.27. The van der Waals surface area contributed by atoms with Crippen LogP contribution in [0.4, 0.5) is 14.6 Å². The van der Waals surface area contributed by atoms with E-state index in [2.05, 4.69) is 20.9 Å². The number of hydrogen-bond donors (Lipinski definition) is 0.